The third-order valence-electron chi connectivity index (χ3n) is 3.44. The zero-order valence-electron chi connectivity index (χ0n) is 13.9. The Bertz CT molecular complexity index is 647. The lowest BCUT2D eigenvalue weighted by Gasteiger charge is -2.12. The summed E-state index contributed by atoms with van der Waals surface area (Å²) in [4.78, 5) is 4.18. The quantitative estimate of drug-likeness (QED) is 0.409. The highest BCUT2D eigenvalue weighted by Crippen LogP contribution is 2.12. The maximum Gasteiger partial charge on any atom is 0.191 e. The van der Waals surface area contributed by atoms with Gasteiger partial charge in [-0.2, -0.15) is 0 Å². The molecule has 0 aliphatic carbocycles. The molecule has 0 saturated carbocycles. The number of rotatable bonds is 6. The van der Waals surface area contributed by atoms with Crippen LogP contribution in [0, 0.1) is 5.82 Å². The third kappa shape index (κ3) is 6.74. The van der Waals surface area contributed by atoms with E-state index in [1.165, 1.54) is 17.7 Å². The lowest BCUT2D eigenvalue weighted by atomic mass is 10.1. The van der Waals surface area contributed by atoms with Crippen LogP contribution in [0.2, 0.25) is 0 Å². The van der Waals surface area contributed by atoms with Gasteiger partial charge in [-0.1, -0.05) is 24.3 Å². The molecule has 24 heavy (non-hydrogen) atoms. The highest BCUT2D eigenvalue weighted by molar-refractivity contribution is 14.0. The molecule has 4 nitrogen and oxygen atoms in total. The molecule has 2 aromatic carbocycles. The molecule has 0 aliphatic rings. The standard InChI is InChI=1S/C18H22FN3O.HI/c1-20-18(22-13-15-6-8-16(19)9-7-15)21-11-10-14-4-3-5-17(12-14)23-2;/h3-9,12H,10-11,13H2,1-2H3,(H2,20,21,22);1H. The SMILES string of the molecule is CN=C(NCCc1cccc(OC)c1)NCc1ccc(F)cc1.I. The highest BCUT2D eigenvalue weighted by atomic mass is 127. The summed E-state index contributed by atoms with van der Waals surface area (Å²) >= 11 is 0. The van der Waals surface area contributed by atoms with E-state index in [-0.39, 0.29) is 29.8 Å². The maximum atomic E-state index is 12.9. The van der Waals surface area contributed by atoms with Crippen molar-refractivity contribution in [3.05, 3.63) is 65.5 Å². The van der Waals surface area contributed by atoms with Crippen molar-refractivity contribution in [1.29, 1.82) is 0 Å². The van der Waals surface area contributed by atoms with E-state index < -0.39 is 0 Å². The fraction of sp³-hybridized carbons (Fsp3) is 0.278. The molecule has 6 heteroatoms. The van der Waals surface area contributed by atoms with E-state index in [1.807, 2.05) is 18.2 Å². The van der Waals surface area contributed by atoms with Gasteiger partial charge < -0.3 is 15.4 Å². The monoisotopic (exact) mass is 443 g/mol. The predicted molar refractivity (Wildman–Crippen MR) is 107 cm³/mol. The minimum Gasteiger partial charge on any atom is -0.497 e. The summed E-state index contributed by atoms with van der Waals surface area (Å²) in [6.07, 6.45) is 0.869. The van der Waals surface area contributed by atoms with Crippen molar-refractivity contribution < 1.29 is 9.13 Å². The number of halogens is 2. The van der Waals surface area contributed by atoms with Gasteiger partial charge in [-0.15, -0.1) is 24.0 Å². The predicted octanol–water partition coefficient (Wildman–Crippen LogP) is 3.36. The van der Waals surface area contributed by atoms with Crippen LogP contribution in [-0.4, -0.2) is 26.7 Å². The molecule has 0 spiro atoms. The number of nitrogens with one attached hydrogen (secondary N) is 2. The molecule has 0 aromatic heterocycles. The second-order valence-corrected chi connectivity index (χ2v) is 5.08. The van der Waals surface area contributed by atoms with Crippen molar-refractivity contribution in [2.24, 2.45) is 4.99 Å². The molecule has 0 amide bonds. The molecule has 2 aromatic rings. The third-order valence-corrected chi connectivity index (χ3v) is 3.44. The molecule has 0 radical (unpaired) electrons. The fourth-order valence-electron chi connectivity index (χ4n) is 2.16. The van der Waals surface area contributed by atoms with Crippen molar-refractivity contribution in [3.8, 4) is 5.75 Å². The van der Waals surface area contributed by atoms with Crippen LogP contribution < -0.4 is 15.4 Å². The summed E-state index contributed by atoms with van der Waals surface area (Å²) in [5.41, 5.74) is 2.20. The van der Waals surface area contributed by atoms with Gasteiger partial charge in [-0.05, 0) is 41.8 Å². The molecular weight excluding hydrogens is 420 g/mol. The lowest BCUT2D eigenvalue weighted by Crippen LogP contribution is -2.37. The van der Waals surface area contributed by atoms with Crippen LogP contribution in [0.15, 0.2) is 53.5 Å². The summed E-state index contributed by atoms with van der Waals surface area (Å²) in [7, 11) is 3.39. The molecule has 0 fully saturated rings. The lowest BCUT2D eigenvalue weighted by molar-refractivity contribution is 0.414. The largest absolute Gasteiger partial charge is 0.497 e. The molecule has 0 unspecified atom stereocenters. The number of nitrogens with zero attached hydrogens (tertiary/aromatic N) is 1. The first-order chi connectivity index (χ1) is 11.2. The summed E-state index contributed by atoms with van der Waals surface area (Å²) < 4.78 is 18.1. The number of hydrogen-bond donors (Lipinski definition) is 2. The average molecular weight is 443 g/mol. The van der Waals surface area contributed by atoms with Crippen LogP contribution >= 0.6 is 24.0 Å². The first-order valence-corrected chi connectivity index (χ1v) is 7.53. The maximum absolute atomic E-state index is 12.9. The van der Waals surface area contributed by atoms with Gasteiger partial charge in [0.25, 0.3) is 0 Å². The van der Waals surface area contributed by atoms with Crippen molar-refractivity contribution in [2.75, 3.05) is 20.7 Å². The molecule has 0 saturated heterocycles. The highest BCUT2D eigenvalue weighted by Gasteiger charge is 2.00. The first-order valence-electron chi connectivity index (χ1n) is 7.53. The zero-order chi connectivity index (χ0) is 16.5. The molecule has 2 N–H and O–H groups in total. The molecular formula is C18H23FIN3O. The van der Waals surface area contributed by atoms with Crippen molar-refractivity contribution in [2.45, 2.75) is 13.0 Å². The summed E-state index contributed by atoms with van der Waals surface area (Å²) in [6.45, 7) is 1.36. The Hall–Kier alpha value is -1.83. The van der Waals surface area contributed by atoms with Crippen molar-refractivity contribution >= 4 is 29.9 Å². The Labute approximate surface area is 159 Å². The molecule has 130 valence electrons. The first kappa shape index (κ1) is 20.2. The zero-order valence-corrected chi connectivity index (χ0v) is 16.2. The Balaban J connectivity index is 0.00000288. The number of benzene rings is 2. The van der Waals surface area contributed by atoms with Crippen LogP contribution in [-0.2, 0) is 13.0 Å². The smallest absolute Gasteiger partial charge is 0.191 e. The number of methoxy groups -OCH3 is 1. The number of aliphatic imine (C=N–C) groups is 1. The molecule has 0 atom stereocenters. The molecule has 2 rings (SSSR count). The average Bonchev–Trinajstić information content (AvgIpc) is 2.59. The van der Waals surface area contributed by atoms with Gasteiger partial charge >= 0.3 is 0 Å². The minimum atomic E-state index is -0.227. The fourth-order valence-corrected chi connectivity index (χ4v) is 2.16. The van der Waals surface area contributed by atoms with Gasteiger partial charge in [0.05, 0.1) is 7.11 Å². The second kappa shape index (κ2) is 10.9. The van der Waals surface area contributed by atoms with Crippen LogP contribution in [0.3, 0.4) is 0 Å². The van der Waals surface area contributed by atoms with E-state index in [2.05, 4.69) is 21.7 Å². The van der Waals surface area contributed by atoms with Crippen LogP contribution in [0.25, 0.3) is 0 Å². The van der Waals surface area contributed by atoms with Gasteiger partial charge in [0.15, 0.2) is 5.96 Å². The Morgan fingerprint density at radius 1 is 1.08 bits per heavy atom. The van der Waals surface area contributed by atoms with Gasteiger partial charge in [-0.25, -0.2) is 4.39 Å². The molecule has 0 aliphatic heterocycles. The van der Waals surface area contributed by atoms with Crippen molar-refractivity contribution in [1.82, 2.24) is 10.6 Å². The van der Waals surface area contributed by atoms with E-state index in [9.17, 15) is 4.39 Å². The van der Waals surface area contributed by atoms with E-state index in [4.69, 9.17) is 4.74 Å². The van der Waals surface area contributed by atoms with Gasteiger partial charge in [-0.3, -0.25) is 4.99 Å². The van der Waals surface area contributed by atoms with Gasteiger partial charge in [0.1, 0.15) is 11.6 Å². The number of hydrogen-bond acceptors (Lipinski definition) is 2. The van der Waals surface area contributed by atoms with Gasteiger partial charge in [0, 0.05) is 20.1 Å². The number of ether oxygens (including phenoxy) is 1. The van der Waals surface area contributed by atoms with E-state index >= 15 is 0 Å². The topological polar surface area (TPSA) is 45.7 Å². The van der Waals surface area contributed by atoms with E-state index in [0.29, 0.717) is 6.54 Å². The normalized spacial score (nSPS) is 10.7. The minimum absolute atomic E-state index is 0. The van der Waals surface area contributed by atoms with Crippen molar-refractivity contribution in [3.63, 3.8) is 0 Å². The summed E-state index contributed by atoms with van der Waals surface area (Å²) in [5, 5.41) is 6.47. The Morgan fingerprint density at radius 3 is 2.50 bits per heavy atom. The van der Waals surface area contributed by atoms with Crippen LogP contribution in [0.4, 0.5) is 4.39 Å². The van der Waals surface area contributed by atoms with Crippen LogP contribution in [0.5, 0.6) is 5.75 Å². The van der Waals surface area contributed by atoms with E-state index in [0.717, 1.165) is 30.2 Å². The van der Waals surface area contributed by atoms with Gasteiger partial charge in [0.2, 0.25) is 0 Å². The number of guanidine groups is 1. The molecule has 0 heterocycles. The summed E-state index contributed by atoms with van der Waals surface area (Å²) in [6, 6.07) is 14.4. The Morgan fingerprint density at radius 2 is 1.83 bits per heavy atom. The molecule has 0 bridgehead atoms. The van der Waals surface area contributed by atoms with Crippen LogP contribution in [0.1, 0.15) is 11.1 Å². The Kier molecular flexibility index (Phi) is 9.14. The van der Waals surface area contributed by atoms with E-state index in [1.54, 1.807) is 26.3 Å². The summed E-state index contributed by atoms with van der Waals surface area (Å²) in [5.74, 6) is 1.35. The second-order valence-electron chi connectivity index (χ2n) is 5.08.